The highest BCUT2D eigenvalue weighted by atomic mass is 16.3. The average molecular weight is 318 g/mol. The minimum absolute atomic E-state index is 0.0568. The number of aryl methyl sites for hydroxylation is 1. The van der Waals surface area contributed by atoms with Crippen molar-refractivity contribution >= 4 is 17.8 Å². The van der Waals surface area contributed by atoms with Crippen LogP contribution in [-0.4, -0.2) is 15.7 Å². The number of anilines is 1. The summed E-state index contributed by atoms with van der Waals surface area (Å²) in [6.07, 6.45) is 4.68. The lowest BCUT2D eigenvalue weighted by Crippen LogP contribution is -2.14. The Morgan fingerprint density at radius 3 is 2.75 bits per heavy atom. The van der Waals surface area contributed by atoms with E-state index in [1.807, 2.05) is 49.5 Å². The van der Waals surface area contributed by atoms with Gasteiger partial charge in [-0.15, -0.1) is 5.10 Å². The van der Waals surface area contributed by atoms with Crippen LogP contribution in [0.4, 0.5) is 5.82 Å². The van der Waals surface area contributed by atoms with E-state index < -0.39 is 5.91 Å². The number of rotatable bonds is 4. The Morgan fingerprint density at radius 1 is 1.29 bits per heavy atom. The molecular formula is C18H14N4O2. The van der Waals surface area contributed by atoms with Crippen LogP contribution in [0.1, 0.15) is 11.3 Å². The Labute approximate surface area is 138 Å². The molecule has 0 aliphatic heterocycles. The first-order chi connectivity index (χ1) is 11.7. The van der Waals surface area contributed by atoms with Gasteiger partial charge in [-0.05, 0) is 31.2 Å². The molecule has 1 aromatic carbocycles. The summed E-state index contributed by atoms with van der Waals surface area (Å²) in [5, 5.41) is 16.2. The third-order valence-corrected chi connectivity index (χ3v) is 3.34. The van der Waals surface area contributed by atoms with E-state index in [1.54, 1.807) is 16.8 Å². The van der Waals surface area contributed by atoms with Gasteiger partial charge in [0.05, 0.1) is 12.0 Å². The van der Waals surface area contributed by atoms with Crippen LogP contribution in [0, 0.1) is 18.3 Å². The van der Waals surface area contributed by atoms with E-state index in [9.17, 15) is 10.1 Å². The first kappa shape index (κ1) is 15.3. The SMILES string of the molecule is Cc1cn(-c2ccccc2)nc1NC(=O)C(C#N)=Cc1ccco1. The average Bonchev–Trinajstić information content (AvgIpc) is 3.23. The highest BCUT2D eigenvalue weighted by Crippen LogP contribution is 2.17. The van der Waals surface area contributed by atoms with E-state index in [4.69, 9.17) is 4.42 Å². The fraction of sp³-hybridized carbons (Fsp3) is 0.0556. The molecule has 3 rings (SSSR count). The normalized spacial score (nSPS) is 11.1. The molecule has 2 aromatic heterocycles. The van der Waals surface area contributed by atoms with Gasteiger partial charge in [0.2, 0.25) is 0 Å². The second-order valence-electron chi connectivity index (χ2n) is 5.08. The first-order valence-corrected chi connectivity index (χ1v) is 7.26. The Morgan fingerprint density at radius 2 is 2.08 bits per heavy atom. The van der Waals surface area contributed by atoms with Gasteiger partial charge in [-0.25, -0.2) is 4.68 Å². The number of furan rings is 1. The van der Waals surface area contributed by atoms with Crippen LogP contribution in [0.25, 0.3) is 11.8 Å². The van der Waals surface area contributed by atoms with Crippen molar-refractivity contribution in [2.75, 3.05) is 5.32 Å². The summed E-state index contributed by atoms with van der Waals surface area (Å²) < 4.78 is 6.80. The molecule has 0 bridgehead atoms. The number of nitrogens with one attached hydrogen (secondary N) is 1. The summed E-state index contributed by atoms with van der Waals surface area (Å²) in [7, 11) is 0. The summed E-state index contributed by atoms with van der Waals surface area (Å²) in [5.41, 5.74) is 1.62. The number of amides is 1. The molecule has 0 unspecified atom stereocenters. The molecule has 1 N–H and O–H groups in total. The third-order valence-electron chi connectivity index (χ3n) is 3.34. The zero-order valence-corrected chi connectivity index (χ0v) is 12.9. The lowest BCUT2D eigenvalue weighted by atomic mass is 10.2. The third kappa shape index (κ3) is 3.25. The van der Waals surface area contributed by atoms with Crippen molar-refractivity contribution in [2.45, 2.75) is 6.92 Å². The van der Waals surface area contributed by atoms with Crippen LogP contribution in [0.3, 0.4) is 0 Å². The van der Waals surface area contributed by atoms with Crippen molar-refractivity contribution in [2.24, 2.45) is 0 Å². The van der Waals surface area contributed by atoms with Crippen LogP contribution < -0.4 is 5.32 Å². The summed E-state index contributed by atoms with van der Waals surface area (Å²) in [4.78, 5) is 12.3. The van der Waals surface area contributed by atoms with Crippen molar-refractivity contribution < 1.29 is 9.21 Å². The number of carbonyl (C=O) groups excluding carboxylic acids is 1. The van der Waals surface area contributed by atoms with Crippen LogP contribution in [0.15, 0.2) is 64.9 Å². The van der Waals surface area contributed by atoms with Crippen LogP contribution in [0.5, 0.6) is 0 Å². The lowest BCUT2D eigenvalue weighted by molar-refractivity contribution is -0.112. The van der Waals surface area contributed by atoms with Crippen LogP contribution in [-0.2, 0) is 4.79 Å². The highest BCUT2D eigenvalue weighted by Gasteiger charge is 2.14. The monoisotopic (exact) mass is 318 g/mol. The maximum Gasteiger partial charge on any atom is 0.267 e. The molecule has 0 atom stereocenters. The first-order valence-electron chi connectivity index (χ1n) is 7.26. The molecule has 0 aliphatic rings. The number of nitrogens with zero attached hydrogens (tertiary/aromatic N) is 3. The molecule has 0 saturated heterocycles. The van der Waals surface area contributed by atoms with Crippen LogP contribution in [0.2, 0.25) is 0 Å². The van der Waals surface area contributed by atoms with Gasteiger partial charge in [0.25, 0.3) is 5.91 Å². The largest absolute Gasteiger partial charge is 0.465 e. The molecule has 0 aliphatic carbocycles. The second-order valence-corrected chi connectivity index (χ2v) is 5.08. The standard InChI is InChI=1S/C18H14N4O2/c1-13-12-22(15-6-3-2-4-7-15)21-17(13)20-18(23)14(11-19)10-16-8-5-9-24-16/h2-10,12H,1H3,(H,20,21,23). The molecular weight excluding hydrogens is 304 g/mol. The number of hydrogen-bond acceptors (Lipinski definition) is 4. The van der Waals surface area contributed by atoms with Crippen molar-refractivity contribution in [3.05, 3.63) is 71.8 Å². The molecule has 0 radical (unpaired) electrons. The predicted molar refractivity (Wildman–Crippen MR) is 89.2 cm³/mol. The van der Waals surface area contributed by atoms with Gasteiger partial charge < -0.3 is 9.73 Å². The molecule has 0 spiro atoms. The summed E-state index contributed by atoms with van der Waals surface area (Å²) in [6, 6.07) is 14.8. The van der Waals surface area contributed by atoms with Crippen molar-refractivity contribution in [1.29, 1.82) is 5.26 Å². The predicted octanol–water partition coefficient (Wildman–Crippen LogP) is 3.32. The fourth-order valence-corrected chi connectivity index (χ4v) is 2.14. The zero-order valence-electron chi connectivity index (χ0n) is 12.9. The zero-order chi connectivity index (χ0) is 16.9. The minimum Gasteiger partial charge on any atom is -0.465 e. The van der Waals surface area contributed by atoms with Gasteiger partial charge in [0, 0.05) is 17.8 Å². The minimum atomic E-state index is -0.532. The van der Waals surface area contributed by atoms with Crippen molar-refractivity contribution in [3.8, 4) is 11.8 Å². The molecule has 24 heavy (non-hydrogen) atoms. The smallest absolute Gasteiger partial charge is 0.267 e. The summed E-state index contributed by atoms with van der Waals surface area (Å²) >= 11 is 0. The van der Waals surface area contributed by atoms with Crippen LogP contribution >= 0.6 is 0 Å². The number of nitriles is 1. The Bertz CT molecular complexity index is 916. The second kappa shape index (κ2) is 6.67. The van der Waals surface area contributed by atoms with E-state index in [2.05, 4.69) is 10.4 Å². The Hall–Kier alpha value is -3.59. The summed E-state index contributed by atoms with van der Waals surface area (Å²) in [5.74, 6) is 0.313. The van der Waals surface area contributed by atoms with Crippen molar-refractivity contribution in [3.63, 3.8) is 0 Å². The molecule has 1 amide bonds. The van der Waals surface area contributed by atoms with Gasteiger partial charge in [-0.3, -0.25) is 4.79 Å². The van der Waals surface area contributed by atoms with Gasteiger partial charge in [-0.2, -0.15) is 5.26 Å². The molecule has 6 heteroatoms. The van der Waals surface area contributed by atoms with E-state index in [1.165, 1.54) is 12.3 Å². The van der Waals surface area contributed by atoms with Crippen molar-refractivity contribution in [1.82, 2.24) is 9.78 Å². The van der Waals surface area contributed by atoms with E-state index >= 15 is 0 Å². The lowest BCUT2D eigenvalue weighted by Gasteiger charge is -2.02. The van der Waals surface area contributed by atoms with E-state index in [-0.39, 0.29) is 5.57 Å². The molecule has 0 fully saturated rings. The Kier molecular flexibility index (Phi) is 4.25. The molecule has 118 valence electrons. The highest BCUT2D eigenvalue weighted by molar-refractivity contribution is 6.09. The number of hydrogen-bond donors (Lipinski definition) is 1. The number of para-hydroxylation sites is 1. The summed E-state index contributed by atoms with van der Waals surface area (Å²) in [6.45, 7) is 1.84. The number of carbonyl (C=O) groups is 1. The van der Waals surface area contributed by atoms with E-state index in [0.29, 0.717) is 11.6 Å². The Balaban J connectivity index is 1.82. The van der Waals surface area contributed by atoms with Gasteiger partial charge in [-0.1, -0.05) is 18.2 Å². The maximum atomic E-state index is 12.3. The van der Waals surface area contributed by atoms with Gasteiger partial charge in [0.15, 0.2) is 5.82 Å². The van der Waals surface area contributed by atoms with E-state index in [0.717, 1.165) is 11.3 Å². The van der Waals surface area contributed by atoms with Gasteiger partial charge in [0.1, 0.15) is 17.4 Å². The number of aromatic nitrogens is 2. The molecule has 2 heterocycles. The number of benzene rings is 1. The fourth-order valence-electron chi connectivity index (χ4n) is 2.14. The topological polar surface area (TPSA) is 83.9 Å². The van der Waals surface area contributed by atoms with Gasteiger partial charge >= 0.3 is 0 Å². The molecule has 3 aromatic rings. The molecule has 0 saturated carbocycles. The maximum absolute atomic E-state index is 12.3. The molecule has 6 nitrogen and oxygen atoms in total. The quantitative estimate of drug-likeness (QED) is 0.591.